The van der Waals surface area contributed by atoms with Crippen molar-refractivity contribution in [2.75, 3.05) is 20.7 Å². The van der Waals surface area contributed by atoms with E-state index in [9.17, 15) is 0 Å². The fraction of sp³-hybridized carbons (Fsp3) is 0.353. The first-order valence-corrected chi connectivity index (χ1v) is 8.15. The molecular formula is C17H23N3OS. The molecule has 5 heteroatoms. The lowest BCUT2D eigenvalue weighted by Crippen LogP contribution is -2.37. The minimum absolute atomic E-state index is 0.803. The number of benzene rings is 1. The molecule has 118 valence electrons. The number of aryl methyl sites for hydroxylation is 1. The average Bonchev–Trinajstić information content (AvgIpc) is 2.96. The zero-order chi connectivity index (χ0) is 15.8. The Labute approximate surface area is 136 Å². The van der Waals surface area contributed by atoms with Gasteiger partial charge in [0.2, 0.25) is 0 Å². The van der Waals surface area contributed by atoms with E-state index in [0.717, 1.165) is 31.2 Å². The van der Waals surface area contributed by atoms with Crippen LogP contribution in [0.4, 0.5) is 0 Å². The molecule has 0 saturated carbocycles. The van der Waals surface area contributed by atoms with E-state index < -0.39 is 0 Å². The summed E-state index contributed by atoms with van der Waals surface area (Å²) in [4.78, 5) is 6.89. The average molecular weight is 317 g/mol. The summed E-state index contributed by atoms with van der Waals surface area (Å²) in [6, 6.07) is 12.4. The van der Waals surface area contributed by atoms with E-state index in [4.69, 9.17) is 4.74 Å². The zero-order valence-corrected chi connectivity index (χ0v) is 14.2. The number of rotatable bonds is 6. The van der Waals surface area contributed by atoms with Gasteiger partial charge in [0.15, 0.2) is 5.96 Å². The van der Waals surface area contributed by atoms with Gasteiger partial charge in [-0.05, 0) is 43.2 Å². The van der Waals surface area contributed by atoms with Crippen LogP contribution in [0, 0.1) is 6.92 Å². The molecule has 0 spiro atoms. The van der Waals surface area contributed by atoms with Gasteiger partial charge in [-0.2, -0.15) is 0 Å². The highest BCUT2D eigenvalue weighted by Gasteiger charge is 2.01. The molecule has 4 nitrogen and oxygen atoms in total. The molecule has 0 aliphatic rings. The van der Waals surface area contributed by atoms with Crippen molar-refractivity contribution in [3.63, 3.8) is 0 Å². The van der Waals surface area contributed by atoms with Gasteiger partial charge in [0.25, 0.3) is 0 Å². The van der Waals surface area contributed by atoms with Crippen LogP contribution in [0.25, 0.3) is 0 Å². The molecule has 2 N–H and O–H groups in total. The molecule has 1 heterocycles. The van der Waals surface area contributed by atoms with Gasteiger partial charge in [-0.3, -0.25) is 4.99 Å². The third-order valence-corrected chi connectivity index (χ3v) is 4.29. The number of methoxy groups -OCH3 is 1. The molecule has 22 heavy (non-hydrogen) atoms. The Balaban J connectivity index is 1.76. The normalized spacial score (nSPS) is 11.3. The summed E-state index contributed by atoms with van der Waals surface area (Å²) in [5.41, 5.74) is 1.25. The Morgan fingerprint density at radius 1 is 1.23 bits per heavy atom. The standard InChI is InChI=1S/C17H23N3OS/c1-13-7-8-16(22-13)12-20-17(18-2)19-10-9-14-5-4-6-15(11-14)21-3/h4-8,11H,9-10,12H2,1-3H3,(H2,18,19,20). The summed E-state index contributed by atoms with van der Waals surface area (Å²) < 4.78 is 5.24. The third-order valence-electron chi connectivity index (χ3n) is 3.29. The number of aliphatic imine (C=N–C) groups is 1. The molecule has 2 rings (SSSR count). The van der Waals surface area contributed by atoms with Crippen LogP contribution in [0.2, 0.25) is 0 Å². The van der Waals surface area contributed by atoms with E-state index in [0.29, 0.717) is 0 Å². The molecule has 0 bridgehead atoms. The van der Waals surface area contributed by atoms with Crippen LogP contribution < -0.4 is 15.4 Å². The molecule has 0 aliphatic heterocycles. The summed E-state index contributed by atoms with van der Waals surface area (Å²) in [5.74, 6) is 1.72. The SMILES string of the molecule is CN=C(NCCc1cccc(OC)c1)NCc1ccc(C)s1. The van der Waals surface area contributed by atoms with Gasteiger partial charge < -0.3 is 15.4 Å². The predicted octanol–water partition coefficient (Wildman–Crippen LogP) is 2.97. The van der Waals surface area contributed by atoms with E-state index in [1.54, 1.807) is 25.5 Å². The summed E-state index contributed by atoms with van der Waals surface area (Å²) in [7, 11) is 3.48. The molecular weight excluding hydrogens is 294 g/mol. The third kappa shape index (κ3) is 5.07. The minimum Gasteiger partial charge on any atom is -0.497 e. The second-order valence-corrected chi connectivity index (χ2v) is 6.34. The monoisotopic (exact) mass is 317 g/mol. The maximum atomic E-state index is 5.24. The van der Waals surface area contributed by atoms with Crippen LogP contribution in [0.5, 0.6) is 5.75 Å². The van der Waals surface area contributed by atoms with Crippen molar-refractivity contribution in [3.8, 4) is 5.75 Å². The number of nitrogens with one attached hydrogen (secondary N) is 2. The first-order chi connectivity index (χ1) is 10.7. The van der Waals surface area contributed by atoms with Crippen molar-refractivity contribution in [1.29, 1.82) is 0 Å². The lowest BCUT2D eigenvalue weighted by Gasteiger charge is -2.11. The number of hydrogen-bond donors (Lipinski definition) is 2. The lowest BCUT2D eigenvalue weighted by atomic mass is 10.1. The zero-order valence-electron chi connectivity index (χ0n) is 13.3. The van der Waals surface area contributed by atoms with E-state index in [1.807, 2.05) is 12.1 Å². The second kappa shape index (κ2) is 8.44. The van der Waals surface area contributed by atoms with Crippen molar-refractivity contribution in [3.05, 3.63) is 51.7 Å². The van der Waals surface area contributed by atoms with Gasteiger partial charge in [-0.15, -0.1) is 11.3 Å². The number of ether oxygens (including phenoxy) is 1. The smallest absolute Gasteiger partial charge is 0.191 e. The molecule has 0 amide bonds. The fourth-order valence-corrected chi connectivity index (χ4v) is 2.95. The topological polar surface area (TPSA) is 45.7 Å². The Hall–Kier alpha value is -2.01. The quantitative estimate of drug-likeness (QED) is 0.636. The summed E-state index contributed by atoms with van der Waals surface area (Å²) >= 11 is 1.81. The molecule has 0 aliphatic carbocycles. The van der Waals surface area contributed by atoms with Crippen molar-refractivity contribution < 1.29 is 4.74 Å². The van der Waals surface area contributed by atoms with Crippen molar-refractivity contribution in [1.82, 2.24) is 10.6 Å². The summed E-state index contributed by atoms with van der Waals surface area (Å²) in [6.45, 7) is 3.75. The Kier molecular flexibility index (Phi) is 6.27. The van der Waals surface area contributed by atoms with Crippen LogP contribution in [-0.4, -0.2) is 26.7 Å². The summed E-state index contributed by atoms with van der Waals surface area (Å²) in [6.07, 6.45) is 0.927. The lowest BCUT2D eigenvalue weighted by molar-refractivity contribution is 0.414. The van der Waals surface area contributed by atoms with Crippen molar-refractivity contribution in [2.45, 2.75) is 19.9 Å². The molecule has 1 aromatic carbocycles. The van der Waals surface area contributed by atoms with Gasteiger partial charge in [-0.1, -0.05) is 12.1 Å². The van der Waals surface area contributed by atoms with Crippen LogP contribution >= 0.6 is 11.3 Å². The highest BCUT2D eigenvalue weighted by atomic mass is 32.1. The number of guanidine groups is 1. The van der Waals surface area contributed by atoms with Gasteiger partial charge in [0.05, 0.1) is 13.7 Å². The maximum absolute atomic E-state index is 5.24. The molecule has 0 radical (unpaired) electrons. The Bertz CT molecular complexity index is 622. The molecule has 0 saturated heterocycles. The summed E-state index contributed by atoms with van der Waals surface area (Å²) in [5, 5.41) is 6.67. The van der Waals surface area contributed by atoms with Crippen LogP contribution in [-0.2, 0) is 13.0 Å². The van der Waals surface area contributed by atoms with Gasteiger partial charge >= 0.3 is 0 Å². The Morgan fingerprint density at radius 3 is 2.77 bits per heavy atom. The molecule has 0 atom stereocenters. The highest BCUT2D eigenvalue weighted by Crippen LogP contribution is 2.14. The fourth-order valence-electron chi connectivity index (χ4n) is 2.12. The second-order valence-electron chi connectivity index (χ2n) is 4.97. The van der Waals surface area contributed by atoms with Crippen LogP contribution in [0.3, 0.4) is 0 Å². The van der Waals surface area contributed by atoms with E-state index in [2.05, 4.69) is 46.8 Å². The molecule has 0 unspecified atom stereocenters. The van der Waals surface area contributed by atoms with E-state index in [-0.39, 0.29) is 0 Å². The van der Waals surface area contributed by atoms with Gasteiger partial charge in [0.1, 0.15) is 5.75 Å². The predicted molar refractivity (Wildman–Crippen MR) is 94.0 cm³/mol. The van der Waals surface area contributed by atoms with E-state index >= 15 is 0 Å². The Morgan fingerprint density at radius 2 is 2.09 bits per heavy atom. The van der Waals surface area contributed by atoms with Crippen LogP contribution in [0.1, 0.15) is 15.3 Å². The molecule has 2 aromatic rings. The molecule has 0 fully saturated rings. The first kappa shape index (κ1) is 16.4. The van der Waals surface area contributed by atoms with Crippen molar-refractivity contribution >= 4 is 17.3 Å². The van der Waals surface area contributed by atoms with E-state index in [1.165, 1.54) is 15.3 Å². The van der Waals surface area contributed by atoms with Gasteiger partial charge in [-0.25, -0.2) is 0 Å². The van der Waals surface area contributed by atoms with Crippen LogP contribution in [0.15, 0.2) is 41.4 Å². The number of nitrogens with zero attached hydrogens (tertiary/aromatic N) is 1. The first-order valence-electron chi connectivity index (χ1n) is 7.34. The highest BCUT2D eigenvalue weighted by molar-refractivity contribution is 7.11. The largest absolute Gasteiger partial charge is 0.497 e. The molecule has 1 aromatic heterocycles. The number of thiophene rings is 1. The number of hydrogen-bond acceptors (Lipinski definition) is 3. The minimum atomic E-state index is 0.803. The maximum Gasteiger partial charge on any atom is 0.191 e. The van der Waals surface area contributed by atoms with Crippen molar-refractivity contribution in [2.24, 2.45) is 4.99 Å². The van der Waals surface area contributed by atoms with Gasteiger partial charge in [0, 0.05) is 23.3 Å².